The van der Waals surface area contributed by atoms with E-state index >= 15 is 0 Å². The highest BCUT2D eigenvalue weighted by atomic mass is 35.5. The van der Waals surface area contributed by atoms with Gasteiger partial charge in [0, 0.05) is 11.6 Å². The van der Waals surface area contributed by atoms with Crippen molar-refractivity contribution in [3.63, 3.8) is 0 Å². The third-order valence-corrected chi connectivity index (χ3v) is 3.71. The molecule has 0 fully saturated rings. The summed E-state index contributed by atoms with van der Waals surface area (Å²) in [5.41, 5.74) is 2.38. The summed E-state index contributed by atoms with van der Waals surface area (Å²) in [6.45, 7) is 1.47. The standard InChI is InChI=1S/C17H17ClN4/c18-16-8-4-5-14(9-16)10-20-17(11-22-13-19-12-21-22)15-6-2-1-3-7-15/h1-9,12-13,17,20H,10-11H2/t17-/m0/s1. The van der Waals surface area contributed by atoms with E-state index in [-0.39, 0.29) is 6.04 Å². The Bertz CT molecular complexity index is 698. The van der Waals surface area contributed by atoms with E-state index < -0.39 is 0 Å². The Morgan fingerprint density at radius 1 is 1.09 bits per heavy atom. The number of nitrogens with zero attached hydrogens (tertiary/aromatic N) is 3. The van der Waals surface area contributed by atoms with Gasteiger partial charge < -0.3 is 5.32 Å². The Hall–Kier alpha value is -2.17. The Morgan fingerprint density at radius 3 is 2.68 bits per heavy atom. The summed E-state index contributed by atoms with van der Waals surface area (Å²) < 4.78 is 1.84. The molecule has 0 aliphatic heterocycles. The van der Waals surface area contributed by atoms with Crippen LogP contribution in [0, 0.1) is 0 Å². The lowest BCUT2D eigenvalue weighted by molar-refractivity contribution is 0.436. The van der Waals surface area contributed by atoms with E-state index in [2.05, 4.69) is 33.6 Å². The highest BCUT2D eigenvalue weighted by molar-refractivity contribution is 6.30. The van der Waals surface area contributed by atoms with Gasteiger partial charge in [0.2, 0.25) is 0 Å². The zero-order valence-electron chi connectivity index (χ0n) is 12.1. The van der Waals surface area contributed by atoms with Crippen LogP contribution in [-0.2, 0) is 13.1 Å². The molecule has 0 aliphatic carbocycles. The predicted molar refractivity (Wildman–Crippen MR) is 87.5 cm³/mol. The van der Waals surface area contributed by atoms with Gasteiger partial charge in [0.05, 0.1) is 12.6 Å². The lowest BCUT2D eigenvalue weighted by atomic mass is 10.1. The molecule has 0 saturated heterocycles. The van der Waals surface area contributed by atoms with Crippen molar-refractivity contribution in [1.29, 1.82) is 0 Å². The molecule has 0 aliphatic rings. The van der Waals surface area contributed by atoms with Gasteiger partial charge >= 0.3 is 0 Å². The molecule has 3 aromatic rings. The number of hydrogen-bond donors (Lipinski definition) is 1. The smallest absolute Gasteiger partial charge is 0.137 e. The van der Waals surface area contributed by atoms with Crippen LogP contribution in [0.2, 0.25) is 5.02 Å². The van der Waals surface area contributed by atoms with Gasteiger partial charge in [0.25, 0.3) is 0 Å². The predicted octanol–water partition coefficient (Wildman–Crippen LogP) is 3.46. The first-order valence-corrected chi connectivity index (χ1v) is 7.54. The molecular formula is C17H17ClN4. The Balaban J connectivity index is 1.73. The average molecular weight is 313 g/mol. The lowest BCUT2D eigenvalue weighted by Crippen LogP contribution is -2.25. The van der Waals surface area contributed by atoms with Gasteiger partial charge in [-0.25, -0.2) is 4.98 Å². The first kappa shape index (κ1) is 14.8. The number of hydrogen-bond acceptors (Lipinski definition) is 3. The number of nitrogens with one attached hydrogen (secondary N) is 1. The minimum atomic E-state index is 0.155. The Labute approximate surface area is 134 Å². The van der Waals surface area contributed by atoms with Gasteiger partial charge in [-0.2, -0.15) is 5.10 Å². The van der Waals surface area contributed by atoms with Crippen LogP contribution in [0.4, 0.5) is 0 Å². The van der Waals surface area contributed by atoms with Crippen LogP contribution in [0.3, 0.4) is 0 Å². The first-order chi connectivity index (χ1) is 10.8. The molecule has 1 heterocycles. The number of rotatable bonds is 6. The van der Waals surface area contributed by atoms with Gasteiger partial charge in [-0.15, -0.1) is 0 Å². The van der Waals surface area contributed by atoms with Crippen LogP contribution in [0.25, 0.3) is 0 Å². The monoisotopic (exact) mass is 312 g/mol. The van der Waals surface area contributed by atoms with Gasteiger partial charge in [-0.3, -0.25) is 4.68 Å². The topological polar surface area (TPSA) is 42.7 Å². The molecule has 0 unspecified atom stereocenters. The van der Waals surface area contributed by atoms with Crippen LogP contribution < -0.4 is 5.32 Å². The summed E-state index contributed by atoms with van der Waals surface area (Å²) in [6.07, 6.45) is 3.29. The van der Waals surface area contributed by atoms with Crippen molar-refractivity contribution < 1.29 is 0 Å². The first-order valence-electron chi connectivity index (χ1n) is 7.16. The average Bonchev–Trinajstić information content (AvgIpc) is 3.05. The fourth-order valence-electron chi connectivity index (χ4n) is 2.38. The number of benzene rings is 2. The molecule has 3 rings (SSSR count). The molecule has 0 radical (unpaired) electrons. The molecule has 2 aromatic carbocycles. The van der Waals surface area contributed by atoms with Crippen molar-refractivity contribution in [3.8, 4) is 0 Å². The van der Waals surface area contributed by atoms with Crippen molar-refractivity contribution in [3.05, 3.63) is 83.4 Å². The van der Waals surface area contributed by atoms with Crippen LogP contribution in [0.1, 0.15) is 17.2 Å². The van der Waals surface area contributed by atoms with Crippen LogP contribution in [-0.4, -0.2) is 14.8 Å². The summed E-state index contributed by atoms with van der Waals surface area (Å²) in [6, 6.07) is 18.4. The quantitative estimate of drug-likeness (QED) is 0.758. The van der Waals surface area contributed by atoms with Gasteiger partial charge in [0.15, 0.2) is 0 Å². The molecule has 0 spiro atoms. The van der Waals surface area contributed by atoms with Crippen molar-refractivity contribution in [2.75, 3.05) is 0 Å². The molecule has 1 aromatic heterocycles. The van der Waals surface area contributed by atoms with Gasteiger partial charge in [0.1, 0.15) is 12.7 Å². The van der Waals surface area contributed by atoms with Crippen molar-refractivity contribution in [2.45, 2.75) is 19.1 Å². The summed E-state index contributed by atoms with van der Waals surface area (Å²) in [4.78, 5) is 4.01. The highest BCUT2D eigenvalue weighted by Crippen LogP contribution is 2.16. The van der Waals surface area contributed by atoms with E-state index in [0.717, 1.165) is 23.7 Å². The molecule has 0 amide bonds. The largest absolute Gasteiger partial charge is 0.304 e. The summed E-state index contributed by atoms with van der Waals surface area (Å²) >= 11 is 6.04. The Morgan fingerprint density at radius 2 is 1.95 bits per heavy atom. The molecular weight excluding hydrogens is 296 g/mol. The van der Waals surface area contributed by atoms with Crippen LogP contribution >= 0.6 is 11.6 Å². The molecule has 22 heavy (non-hydrogen) atoms. The molecule has 112 valence electrons. The second-order valence-electron chi connectivity index (χ2n) is 5.09. The highest BCUT2D eigenvalue weighted by Gasteiger charge is 2.12. The molecule has 5 heteroatoms. The fraction of sp³-hybridized carbons (Fsp3) is 0.176. The zero-order chi connectivity index (χ0) is 15.2. The van der Waals surface area contributed by atoms with Crippen molar-refractivity contribution in [1.82, 2.24) is 20.1 Å². The zero-order valence-corrected chi connectivity index (χ0v) is 12.8. The van der Waals surface area contributed by atoms with E-state index in [1.54, 1.807) is 12.7 Å². The van der Waals surface area contributed by atoms with E-state index in [4.69, 9.17) is 11.6 Å². The number of halogens is 1. The molecule has 1 N–H and O–H groups in total. The molecule has 1 atom stereocenters. The lowest BCUT2D eigenvalue weighted by Gasteiger charge is -2.19. The minimum Gasteiger partial charge on any atom is -0.304 e. The van der Waals surface area contributed by atoms with Gasteiger partial charge in [-0.1, -0.05) is 54.1 Å². The van der Waals surface area contributed by atoms with Crippen LogP contribution in [0.15, 0.2) is 67.3 Å². The van der Waals surface area contributed by atoms with E-state index in [0.29, 0.717) is 0 Å². The summed E-state index contributed by atoms with van der Waals surface area (Å²) in [5.74, 6) is 0. The summed E-state index contributed by atoms with van der Waals surface area (Å²) in [7, 11) is 0. The summed E-state index contributed by atoms with van der Waals surface area (Å²) in [5, 5.41) is 8.52. The number of aromatic nitrogens is 3. The molecule has 4 nitrogen and oxygen atoms in total. The van der Waals surface area contributed by atoms with Crippen molar-refractivity contribution in [2.24, 2.45) is 0 Å². The maximum Gasteiger partial charge on any atom is 0.137 e. The van der Waals surface area contributed by atoms with E-state index in [1.807, 2.05) is 41.1 Å². The van der Waals surface area contributed by atoms with Crippen molar-refractivity contribution >= 4 is 11.6 Å². The third-order valence-electron chi connectivity index (χ3n) is 3.48. The fourth-order valence-corrected chi connectivity index (χ4v) is 2.59. The van der Waals surface area contributed by atoms with E-state index in [1.165, 1.54) is 5.56 Å². The van der Waals surface area contributed by atoms with Crippen LogP contribution in [0.5, 0.6) is 0 Å². The minimum absolute atomic E-state index is 0.155. The van der Waals surface area contributed by atoms with Gasteiger partial charge in [-0.05, 0) is 23.3 Å². The molecule has 0 bridgehead atoms. The maximum atomic E-state index is 6.04. The molecule has 0 saturated carbocycles. The van der Waals surface area contributed by atoms with E-state index in [9.17, 15) is 0 Å². The second-order valence-corrected chi connectivity index (χ2v) is 5.53. The normalized spacial score (nSPS) is 12.2. The Kier molecular flexibility index (Phi) is 4.83. The SMILES string of the molecule is Clc1cccc(CN[C@@H](Cn2cncn2)c2ccccc2)c1. The maximum absolute atomic E-state index is 6.04. The second kappa shape index (κ2) is 7.20. The third kappa shape index (κ3) is 3.93.